The van der Waals surface area contributed by atoms with Crippen molar-refractivity contribution in [2.75, 3.05) is 11.1 Å². The summed E-state index contributed by atoms with van der Waals surface area (Å²) in [6.45, 7) is 1.79. The van der Waals surface area contributed by atoms with Crippen LogP contribution in [0.2, 0.25) is 5.02 Å². The molecule has 0 atom stereocenters. The van der Waals surface area contributed by atoms with Crippen LogP contribution in [0.5, 0.6) is 5.75 Å². The molecule has 1 aromatic carbocycles. The number of H-pyrrole nitrogens is 1. The van der Waals surface area contributed by atoms with E-state index in [4.69, 9.17) is 17.3 Å². The standard InChI is InChI=1S/C17H14ClN3O4S2/c1-7-8(18)3-2-4-9(7)20-12(24)6-26-17-13(16(19)25)14-15(27-17)10(22)5-11(23)21-14/h2-5H,6H2,1H3,(H2,19,25)(H,20,24)(H2,21,22,23). The summed E-state index contributed by atoms with van der Waals surface area (Å²) in [5, 5.41) is 13.2. The molecule has 0 unspecified atom stereocenters. The molecule has 3 aromatic rings. The summed E-state index contributed by atoms with van der Waals surface area (Å²) in [4.78, 5) is 38.2. The molecule has 7 nitrogen and oxygen atoms in total. The summed E-state index contributed by atoms with van der Waals surface area (Å²) in [7, 11) is 0. The van der Waals surface area contributed by atoms with Crippen LogP contribution in [-0.2, 0) is 4.79 Å². The van der Waals surface area contributed by atoms with Crippen LogP contribution >= 0.6 is 34.7 Å². The van der Waals surface area contributed by atoms with Crippen LogP contribution in [0.1, 0.15) is 15.9 Å². The lowest BCUT2D eigenvalue weighted by Gasteiger charge is -2.09. The van der Waals surface area contributed by atoms with E-state index in [2.05, 4.69) is 10.3 Å². The number of aromatic hydroxyl groups is 1. The number of amides is 2. The predicted molar refractivity (Wildman–Crippen MR) is 108 cm³/mol. The number of primary amides is 1. The van der Waals surface area contributed by atoms with Crippen molar-refractivity contribution in [3.05, 3.63) is 50.8 Å². The quantitative estimate of drug-likeness (QED) is 0.469. The number of hydrogen-bond donors (Lipinski definition) is 4. The number of thiophene rings is 1. The lowest BCUT2D eigenvalue weighted by Crippen LogP contribution is -2.16. The summed E-state index contributed by atoms with van der Waals surface area (Å²) in [5.41, 5.74) is 6.48. The van der Waals surface area contributed by atoms with Crippen LogP contribution in [0, 0.1) is 6.92 Å². The molecule has 5 N–H and O–H groups in total. The van der Waals surface area contributed by atoms with Crippen LogP contribution < -0.4 is 16.6 Å². The molecule has 140 valence electrons. The third kappa shape index (κ3) is 3.95. The van der Waals surface area contributed by atoms with E-state index in [1.807, 2.05) is 0 Å². The summed E-state index contributed by atoms with van der Waals surface area (Å²) < 4.78 is 0.768. The Morgan fingerprint density at radius 2 is 2.15 bits per heavy atom. The van der Waals surface area contributed by atoms with Gasteiger partial charge in [0.05, 0.1) is 25.7 Å². The van der Waals surface area contributed by atoms with Gasteiger partial charge >= 0.3 is 0 Å². The third-order valence-corrected chi connectivity index (χ3v) is 6.64. The monoisotopic (exact) mass is 423 g/mol. The van der Waals surface area contributed by atoms with Gasteiger partial charge in [-0.2, -0.15) is 0 Å². The molecule has 2 aromatic heterocycles. The van der Waals surface area contributed by atoms with E-state index in [-0.39, 0.29) is 28.5 Å². The molecular formula is C17H14ClN3O4S2. The van der Waals surface area contributed by atoms with E-state index in [0.29, 0.717) is 19.6 Å². The van der Waals surface area contributed by atoms with Gasteiger partial charge in [-0.15, -0.1) is 23.1 Å². The minimum atomic E-state index is -0.754. The Hall–Kier alpha value is -2.49. The molecule has 0 radical (unpaired) electrons. The van der Waals surface area contributed by atoms with Gasteiger partial charge in [-0.25, -0.2) is 0 Å². The normalized spacial score (nSPS) is 10.9. The van der Waals surface area contributed by atoms with E-state index in [1.54, 1.807) is 25.1 Å². The molecule has 0 aliphatic carbocycles. The van der Waals surface area contributed by atoms with Crippen molar-refractivity contribution < 1.29 is 14.7 Å². The first-order chi connectivity index (χ1) is 12.8. The highest BCUT2D eigenvalue weighted by molar-refractivity contribution is 8.02. The smallest absolute Gasteiger partial charge is 0.252 e. The van der Waals surface area contributed by atoms with Gasteiger partial charge in [-0.1, -0.05) is 17.7 Å². The second-order valence-corrected chi connectivity index (χ2v) is 8.27. The first-order valence-corrected chi connectivity index (χ1v) is 9.82. The zero-order valence-corrected chi connectivity index (χ0v) is 16.3. The van der Waals surface area contributed by atoms with Crippen LogP contribution in [0.3, 0.4) is 0 Å². The second kappa shape index (κ2) is 7.63. The molecule has 0 spiro atoms. The molecular weight excluding hydrogens is 410 g/mol. The number of pyridine rings is 1. The molecule has 2 heterocycles. The fraction of sp³-hybridized carbons (Fsp3) is 0.118. The van der Waals surface area contributed by atoms with Crippen molar-refractivity contribution in [3.8, 4) is 5.75 Å². The van der Waals surface area contributed by atoms with E-state index >= 15 is 0 Å². The van der Waals surface area contributed by atoms with E-state index in [1.165, 1.54) is 0 Å². The Kier molecular flexibility index (Phi) is 5.45. The van der Waals surface area contributed by atoms with Crippen LogP contribution in [0.15, 0.2) is 33.3 Å². The number of aromatic nitrogens is 1. The summed E-state index contributed by atoms with van der Waals surface area (Å²) in [6.07, 6.45) is 0. The van der Waals surface area contributed by atoms with Gasteiger partial charge < -0.3 is 21.1 Å². The van der Waals surface area contributed by atoms with E-state index < -0.39 is 11.5 Å². The molecule has 0 saturated heterocycles. The first kappa shape index (κ1) is 19.3. The van der Waals surface area contributed by atoms with E-state index in [0.717, 1.165) is 34.7 Å². The SMILES string of the molecule is Cc1c(Cl)cccc1NC(=O)CSc1sc2c(O)cc(=O)[nH]c2c1C(N)=O. The lowest BCUT2D eigenvalue weighted by atomic mass is 10.2. The number of aromatic amines is 1. The van der Waals surface area contributed by atoms with E-state index in [9.17, 15) is 19.5 Å². The molecule has 0 saturated carbocycles. The molecule has 0 aliphatic rings. The Labute approximate surface area is 166 Å². The Morgan fingerprint density at radius 1 is 1.41 bits per heavy atom. The summed E-state index contributed by atoms with van der Waals surface area (Å²) in [6, 6.07) is 6.22. The number of nitrogens with two attached hydrogens (primary N) is 1. The third-order valence-electron chi connectivity index (χ3n) is 3.75. The van der Waals surface area contributed by atoms with Crippen molar-refractivity contribution in [2.45, 2.75) is 11.1 Å². The average Bonchev–Trinajstić information content (AvgIpc) is 2.96. The van der Waals surface area contributed by atoms with Gasteiger partial charge in [0.2, 0.25) is 5.91 Å². The molecule has 10 heteroatoms. The maximum absolute atomic E-state index is 12.3. The number of rotatable bonds is 5. The van der Waals surface area contributed by atoms with Gasteiger partial charge in [0.1, 0.15) is 5.75 Å². The number of halogens is 1. The average molecular weight is 424 g/mol. The molecule has 0 bridgehead atoms. The van der Waals surface area contributed by atoms with Crippen molar-refractivity contribution in [1.29, 1.82) is 0 Å². The fourth-order valence-corrected chi connectivity index (χ4v) is 4.87. The summed E-state index contributed by atoms with van der Waals surface area (Å²) in [5.74, 6) is -1.29. The Balaban J connectivity index is 1.84. The number of anilines is 1. The van der Waals surface area contributed by atoms with Crippen molar-refractivity contribution >= 4 is 62.4 Å². The number of benzene rings is 1. The number of fused-ring (bicyclic) bond motifs is 1. The maximum Gasteiger partial charge on any atom is 0.252 e. The Bertz CT molecular complexity index is 1120. The Morgan fingerprint density at radius 3 is 2.85 bits per heavy atom. The predicted octanol–water partition coefficient (Wildman–Crippen LogP) is 3.09. The minimum absolute atomic E-state index is 0.00402. The minimum Gasteiger partial charge on any atom is -0.506 e. The van der Waals surface area contributed by atoms with Crippen molar-refractivity contribution in [2.24, 2.45) is 5.73 Å². The molecule has 0 aliphatic heterocycles. The molecule has 0 fully saturated rings. The van der Waals surface area contributed by atoms with Gasteiger partial charge in [-0.05, 0) is 24.6 Å². The largest absolute Gasteiger partial charge is 0.506 e. The first-order valence-electron chi connectivity index (χ1n) is 7.64. The number of hydrogen-bond acceptors (Lipinski definition) is 6. The number of nitrogens with one attached hydrogen (secondary N) is 2. The van der Waals surface area contributed by atoms with Gasteiger partial charge in [0.25, 0.3) is 11.5 Å². The van der Waals surface area contributed by atoms with Crippen LogP contribution in [-0.4, -0.2) is 27.7 Å². The number of carbonyl (C=O) groups excluding carboxylic acids is 2. The highest BCUT2D eigenvalue weighted by Crippen LogP contribution is 2.40. The highest BCUT2D eigenvalue weighted by Gasteiger charge is 2.21. The molecule has 27 heavy (non-hydrogen) atoms. The summed E-state index contributed by atoms with van der Waals surface area (Å²) >= 11 is 8.21. The van der Waals surface area contributed by atoms with Crippen LogP contribution in [0.4, 0.5) is 5.69 Å². The van der Waals surface area contributed by atoms with Crippen LogP contribution in [0.25, 0.3) is 10.2 Å². The highest BCUT2D eigenvalue weighted by atomic mass is 35.5. The molecule has 3 rings (SSSR count). The van der Waals surface area contributed by atoms with Gasteiger partial charge in [0.15, 0.2) is 0 Å². The number of thioether (sulfide) groups is 1. The number of carbonyl (C=O) groups is 2. The fourth-order valence-electron chi connectivity index (χ4n) is 2.44. The zero-order valence-electron chi connectivity index (χ0n) is 14.0. The van der Waals surface area contributed by atoms with Gasteiger partial charge in [-0.3, -0.25) is 14.4 Å². The maximum atomic E-state index is 12.3. The molecule has 2 amide bonds. The van der Waals surface area contributed by atoms with Gasteiger partial charge in [0, 0.05) is 16.8 Å². The van der Waals surface area contributed by atoms with Crippen molar-refractivity contribution in [3.63, 3.8) is 0 Å². The topological polar surface area (TPSA) is 125 Å². The van der Waals surface area contributed by atoms with Crippen molar-refractivity contribution in [1.82, 2.24) is 4.98 Å². The second-order valence-electron chi connectivity index (χ2n) is 5.60. The lowest BCUT2D eigenvalue weighted by molar-refractivity contribution is -0.113. The zero-order chi connectivity index (χ0) is 19.7.